The number of amides is 1. The number of aryl methyl sites for hydroxylation is 1. The predicted molar refractivity (Wildman–Crippen MR) is 97.6 cm³/mol. The lowest BCUT2D eigenvalue weighted by Crippen LogP contribution is -2.32. The van der Waals surface area contributed by atoms with Crippen molar-refractivity contribution in [3.8, 4) is 0 Å². The average molecular weight is 337 g/mol. The first-order chi connectivity index (χ1) is 12.0. The first-order valence-electron chi connectivity index (χ1n) is 8.64. The second-order valence-corrected chi connectivity index (χ2v) is 6.70. The molecule has 1 aromatic carbocycles. The summed E-state index contributed by atoms with van der Waals surface area (Å²) in [7, 11) is 0. The Balaban J connectivity index is 1.66. The van der Waals surface area contributed by atoms with E-state index in [2.05, 4.69) is 27.6 Å². The Morgan fingerprint density at radius 2 is 1.96 bits per heavy atom. The molecule has 0 saturated heterocycles. The monoisotopic (exact) mass is 337 g/mol. The van der Waals surface area contributed by atoms with Crippen LogP contribution in [0.1, 0.15) is 54.7 Å². The van der Waals surface area contributed by atoms with Crippen molar-refractivity contribution < 1.29 is 9.32 Å². The zero-order valence-electron chi connectivity index (χ0n) is 14.8. The lowest BCUT2D eigenvalue weighted by molar-refractivity contribution is 0.0938. The molecule has 130 valence electrons. The molecule has 0 aliphatic heterocycles. The van der Waals surface area contributed by atoms with Crippen LogP contribution >= 0.6 is 0 Å². The third kappa shape index (κ3) is 4.05. The van der Waals surface area contributed by atoms with Gasteiger partial charge in [0.05, 0.1) is 16.6 Å². The lowest BCUT2D eigenvalue weighted by atomic mass is 10.1. The van der Waals surface area contributed by atoms with Crippen molar-refractivity contribution in [2.24, 2.45) is 0 Å². The first kappa shape index (κ1) is 17.1. The molecule has 3 rings (SSSR count). The highest BCUT2D eigenvalue weighted by Gasteiger charge is 2.16. The van der Waals surface area contributed by atoms with Crippen molar-refractivity contribution in [3.05, 3.63) is 59.4 Å². The summed E-state index contributed by atoms with van der Waals surface area (Å²) in [5, 5.41) is 7.90. The summed E-state index contributed by atoms with van der Waals surface area (Å²) in [6, 6.07) is 12.2. The van der Waals surface area contributed by atoms with Crippen LogP contribution < -0.4 is 5.32 Å². The topological polar surface area (TPSA) is 68.0 Å². The SMILES string of the molecule is CC(CCc1ccccc1)NC(=O)c1cnc2onc(C(C)C)c2c1. The molecule has 1 atom stereocenters. The molecule has 0 aliphatic rings. The number of hydrogen-bond acceptors (Lipinski definition) is 4. The lowest BCUT2D eigenvalue weighted by Gasteiger charge is -2.14. The van der Waals surface area contributed by atoms with Crippen molar-refractivity contribution in [2.75, 3.05) is 0 Å². The van der Waals surface area contributed by atoms with Crippen LogP contribution in [0.3, 0.4) is 0 Å². The van der Waals surface area contributed by atoms with Gasteiger partial charge in [0, 0.05) is 12.2 Å². The molecule has 0 fully saturated rings. The molecule has 2 aromatic heterocycles. The molecule has 0 aliphatic carbocycles. The minimum absolute atomic E-state index is 0.0791. The number of pyridine rings is 1. The average Bonchev–Trinajstić information content (AvgIpc) is 3.04. The van der Waals surface area contributed by atoms with E-state index in [0.29, 0.717) is 11.3 Å². The molecule has 0 radical (unpaired) electrons. The van der Waals surface area contributed by atoms with Crippen LogP contribution in [0.5, 0.6) is 0 Å². The molecule has 1 N–H and O–H groups in total. The van der Waals surface area contributed by atoms with E-state index in [1.165, 1.54) is 11.8 Å². The minimum atomic E-state index is -0.120. The van der Waals surface area contributed by atoms with Crippen molar-refractivity contribution in [1.29, 1.82) is 0 Å². The Kier molecular flexibility index (Phi) is 5.12. The molecule has 25 heavy (non-hydrogen) atoms. The molecule has 1 amide bonds. The quantitative estimate of drug-likeness (QED) is 0.735. The van der Waals surface area contributed by atoms with Gasteiger partial charge in [-0.1, -0.05) is 49.3 Å². The normalized spacial score (nSPS) is 12.5. The van der Waals surface area contributed by atoms with Crippen LogP contribution in [0.2, 0.25) is 0 Å². The summed E-state index contributed by atoms with van der Waals surface area (Å²) in [6.07, 6.45) is 3.36. The maximum atomic E-state index is 12.5. The third-order valence-corrected chi connectivity index (χ3v) is 4.25. The molecular formula is C20H23N3O2. The number of hydrogen-bond donors (Lipinski definition) is 1. The summed E-state index contributed by atoms with van der Waals surface area (Å²) in [4.78, 5) is 16.7. The second kappa shape index (κ2) is 7.47. The van der Waals surface area contributed by atoms with E-state index >= 15 is 0 Å². The summed E-state index contributed by atoms with van der Waals surface area (Å²) in [5.74, 6) is 0.0945. The largest absolute Gasteiger partial charge is 0.350 e. The van der Waals surface area contributed by atoms with Gasteiger partial charge in [0.1, 0.15) is 0 Å². The fraction of sp³-hybridized carbons (Fsp3) is 0.350. The minimum Gasteiger partial charge on any atom is -0.350 e. The zero-order valence-corrected chi connectivity index (χ0v) is 14.8. The smallest absolute Gasteiger partial charge is 0.257 e. The van der Waals surface area contributed by atoms with E-state index in [1.54, 1.807) is 0 Å². The van der Waals surface area contributed by atoms with Gasteiger partial charge in [0.25, 0.3) is 11.6 Å². The van der Waals surface area contributed by atoms with Gasteiger partial charge >= 0.3 is 0 Å². The number of nitrogens with one attached hydrogen (secondary N) is 1. The fourth-order valence-electron chi connectivity index (χ4n) is 2.80. The molecule has 5 nitrogen and oxygen atoms in total. The Morgan fingerprint density at radius 3 is 2.68 bits per heavy atom. The number of rotatable bonds is 6. The van der Waals surface area contributed by atoms with Gasteiger partial charge in [-0.2, -0.15) is 0 Å². The van der Waals surface area contributed by atoms with Crippen LogP contribution in [0.4, 0.5) is 0 Å². The van der Waals surface area contributed by atoms with Gasteiger partial charge in [0.2, 0.25) is 0 Å². The molecular weight excluding hydrogens is 314 g/mol. The maximum absolute atomic E-state index is 12.5. The summed E-state index contributed by atoms with van der Waals surface area (Å²) in [5.41, 5.74) is 3.11. The van der Waals surface area contributed by atoms with Crippen LogP contribution in [0, 0.1) is 0 Å². The van der Waals surface area contributed by atoms with Crippen molar-refractivity contribution in [1.82, 2.24) is 15.5 Å². The number of benzene rings is 1. The van der Waals surface area contributed by atoms with Crippen LogP contribution in [0.15, 0.2) is 47.1 Å². The zero-order chi connectivity index (χ0) is 17.8. The van der Waals surface area contributed by atoms with Crippen molar-refractivity contribution >= 4 is 17.0 Å². The van der Waals surface area contributed by atoms with Crippen LogP contribution in [-0.2, 0) is 6.42 Å². The number of nitrogens with zero attached hydrogens (tertiary/aromatic N) is 2. The number of fused-ring (bicyclic) bond motifs is 1. The van der Waals surface area contributed by atoms with Gasteiger partial charge in [-0.25, -0.2) is 4.98 Å². The molecule has 1 unspecified atom stereocenters. The van der Waals surface area contributed by atoms with Gasteiger partial charge in [-0.15, -0.1) is 0 Å². The highest BCUT2D eigenvalue weighted by atomic mass is 16.5. The van der Waals surface area contributed by atoms with Crippen molar-refractivity contribution in [3.63, 3.8) is 0 Å². The molecule has 0 saturated carbocycles. The number of carbonyl (C=O) groups excluding carboxylic acids is 1. The Hall–Kier alpha value is -2.69. The number of carbonyl (C=O) groups is 1. The summed E-state index contributed by atoms with van der Waals surface area (Å²) >= 11 is 0. The van der Waals surface area contributed by atoms with Crippen LogP contribution in [-0.4, -0.2) is 22.1 Å². The van der Waals surface area contributed by atoms with E-state index in [-0.39, 0.29) is 17.9 Å². The molecule has 0 bridgehead atoms. The molecule has 5 heteroatoms. The second-order valence-electron chi connectivity index (χ2n) is 6.70. The summed E-state index contributed by atoms with van der Waals surface area (Å²) < 4.78 is 5.22. The van der Waals surface area contributed by atoms with Crippen LogP contribution in [0.25, 0.3) is 11.1 Å². The van der Waals surface area contributed by atoms with Crippen molar-refractivity contribution in [2.45, 2.75) is 45.6 Å². The molecule has 2 heterocycles. The summed E-state index contributed by atoms with van der Waals surface area (Å²) in [6.45, 7) is 6.09. The first-order valence-corrected chi connectivity index (χ1v) is 8.64. The Bertz CT molecular complexity index is 856. The molecule has 0 spiro atoms. The standard InChI is InChI=1S/C20H23N3O2/c1-13(2)18-17-11-16(12-21-20(17)25-23-18)19(24)22-14(3)9-10-15-7-5-4-6-8-15/h4-8,11-14H,9-10H2,1-3H3,(H,22,24). The highest BCUT2D eigenvalue weighted by Crippen LogP contribution is 2.24. The third-order valence-electron chi connectivity index (χ3n) is 4.25. The Morgan fingerprint density at radius 1 is 1.20 bits per heavy atom. The van der Waals surface area contributed by atoms with E-state index in [9.17, 15) is 4.79 Å². The van der Waals surface area contributed by atoms with Gasteiger partial charge in [-0.05, 0) is 37.3 Å². The fourth-order valence-corrected chi connectivity index (χ4v) is 2.80. The van der Waals surface area contributed by atoms with E-state index < -0.39 is 0 Å². The van der Waals surface area contributed by atoms with Gasteiger partial charge in [-0.3, -0.25) is 4.79 Å². The van der Waals surface area contributed by atoms with E-state index in [0.717, 1.165) is 23.9 Å². The Labute approximate surface area is 147 Å². The molecule has 3 aromatic rings. The van der Waals surface area contributed by atoms with E-state index in [4.69, 9.17) is 4.52 Å². The highest BCUT2D eigenvalue weighted by molar-refractivity contribution is 5.97. The van der Waals surface area contributed by atoms with E-state index in [1.807, 2.05) is 45.0 Å². The number of aromatic nitrogens is 2. The maximum Gasteiger partial charge on any atom is 0.257 e. The van der Waals surface area contributed by atoms with Gasteiger partial charge in [0.15, 0.2) is 0 Å². The van der Waals surface area contributed by atoms with Gasteiger partial charge < -0.3 is 9.84 Å². The predicted octanol–water partition coefficient (Wildman–Crippen LogP) is 4.10.